The molecule has 0 saturated heterocycles. The van der Waals surface area contributed by atoms with E-state index in [4.69, 9.17) is 14.5 Å². The van der Waals surface area contributed by atoms with Crippen molar-refractivity contribution in [1.29, 1.82) is 0 Å². The number of amides is 1. The van der Waals surface area contributed by atoms with E-state index in [1.54, 1.807) is 24.4 Å². The summed E-state index contributed by atoms with van der Waals surface area (Å²) in [6.45, 7) is 14.0. The first-order valence-electron chi connectivity index (χ1n) is 9.96. The Morgan fingerprint density at radius 1 is 1.29 bits per heavy atom. The Kier molecular flexibility index (Phi) is 6.01. The van der Waals surface area contributed by atoms with Gasteiger partial charge in [-0.3, -0.25) is 14.4 Å². The maximum Gasteiger partial charge on any atom is 0.260 e. The van der Waals surface area contributed by atoms with E-state index < -0.39 is 0 Å². The molecule has 164 valence electrons. The summed E-state index contributed by atoms with van der Waals surface area (Å²) in [7, 11) is 3.10. The number of rotatable bonds is 6. The van der Waals surface area contributed by atoms with Crippen LogP contribution < -0.4 is 4.90 Å². The smallest absolute Gasteiger partial charge is 0.260 e. The Bertz CT molecular complexity index is 1090. The van der Waals surface area contributed by atoms with E-state index in [1.807, 2.05) is 30.8 Å². The molecule has 0 N–H and O–H groups in total. The van der Waals surface area contributed by atoms with Crippen molar-refractivity contribution in [3.05, 3.63) is 59.2 Å². The minimum absolute atomic E-state index is 0.0737. The molecule has 0 fully saturated rings. The summed E-state index contributed by atoms with van der Waals surface area (Å²) in [5.41, 5.74) is 4.12. The van der Waals surface area contributed by atoms with Crippen LogP contribution in [0.1, 0.15) is 55.0 Å². The maximum atomic E-state index is 13.2. The van der Waals surface area contributed by atoms with Gasteiger partial charge in [-0.25, -0.2) is 9.98 Å². The molecule has 0 saturated carbocycles. The average molecular weight is 424 g/mol. The van der Waals surface area contributed by atoms with Gasteiger partial charge in [-0.1, -0.05) is 0 Å². The van der Waals surface area contributed by atoms with Crippen LogP contribution in [0.2, 0.25) is 0 Å². The van der Waals surface area contributed by atoms with Crippen molar-refractivity contribution in [2.24, 2.45) is 4.99 Å². The normalized spacial score (nSPS) is 14.7. The van der Waals surface area contributed by atoms with E-state index in [-0.39, 0.29) is 17.3 Å². The lowest BCUT2D eigenvalue weighted by atomic mass is 10.0. The van der Waals surface area contributed by atoms with Crippen LogP contribution in [0, 0.1) is 6.92 Å². The minimum Gasteiger partial charge on any atom is -0.501 e. The van der Waals surface area contributed by atoms with Crippen LogP contribution >= 0.6 is 0 Å². The zero-order chi connectivity index (χ0) is 22.9. The van der Waals surface area contributed by atoms with Crippen molar-refractivity contribution in [2.75, 3.05) is 19.1 Å². The molecule has 0 aliphatic carbocycles. The van der Waals surface area contributed by atoms with Gasteiger partial charge in [0.25, 0.3) is 5.91 Å². The van der Waals surface area contributed by atoms with Gasteiger partial charge < -0.3 is 9.47 Å². The summed E-state index contributed by atoms with van der Waals surface area (Å²) in [4.78, 5) is 23.9. The van der Waals surface area contributed by atoms with Gasteiger partial charge in [0, 0.05) is 12.4 Å². The quantitative estimate of drug-likeness (QED) is 0.517. The van der Waals surface area contributed by atoms with E-state index in [1.165, 1.54) is 7.11 Å². The Labute approximate surface area is 182 Å². The second kappa shape index (κ2) is 8.37. The van der Waals surface area contributed by atoms with Crippen molar-refractivity contribution >= 4 is 23.4 Å². The highest BCUT2D eigenvalue weighted by molar-refractivity contribution is 6.12. The van der Waals surface area contributed by atoms with Crippen molar-refractivity contribution in [3.8, 4) is 0 Å². The number of anilines is 1. The predicted octanol–water partition coefficient (Wildman–Crippen LogP) is 4.07. The van der Waals surface area contributed by atoms with Crippen molar-refractivity contribution in [2.45, 2.75) is 46.7 Å². The van der Waals surface area contributed by atoms with E-state index >= 15 is 0 Å². The largest absolute Gasteiger partial charge is 0.501 e. The molecule has 0 unspecified atom stereocenters. The fourth-order valence-electron chi connectivity index (χ4n) is 3.30. The molecule has 0 aromatic carbocycles. The van der Waals surface area contributed by atoms with Crippen molar-refractivity contribution in [3.63, 3.8) is 0 Å². The second-order valence-corrected chi connectivity index (χ2v) is 8.38. The zero-order valence-electron chi connectivity index (χ0n) is 19.2. The number of carbonyl (C=O) groups is 1. The molecule has 3 heterocycles. The lowest BCUT2D eigenvalue weighted by molar-refractivity contribution is 0.0996. The topological polar surface area (TPSA) is 81.8 Å². The summed E-state index contributed by atoms with van der Waals surface area (Å²) in [5, 5.41) is 4.42. The predicted molar refractivity (Wildman–Crippen MR) is 121 cm³/mol. The van der Waals surface area contributed by atoms with Gasteiger partial charge in [0.05, 0.1) is 60.7 Å². The van der Waals surface area contributed by atoms with E-state index in [2.05, 4.69) is 37.4 Å². The van der Waals surface area contributed by atoms with Crippen LogP contribution in [0.5, 0.6) is 0 Å². The summed E-state index contributed by atoms with van der Waals surface area (Å²) in [6.07, 6.45) is 5.22. The second-order valence-electron chi connectivity index (χ2n) is 8.38. The van der Waals surface area contributed by atoms with Crippen LogP contribution in [0.15, 0.2) is 41.7 Å². The molecule has 1 amide bonds. The number of fused-ring (bicyclic) bond motifs is 1. The SMILES string of the molecule is C=C(/N=C\C(=C(/C)OC)c1cc(C)c2c(n1)CN(c1cnn(C(C)(C)C)c1)C2=O)OC. The Hall–Kier alpha value is -3.42. The number of aromatic nitrogens is 3. The third-order valence-electron chi connectivity index (χ3n) is 5.16. The average Bonchev–Trinajstić information content (AvgIpc) is 3.32. The van der Waals surface area contributed by atoms with Gasteiger partial charge in [0.2, 0.25) is 5.88 Å². The first-order chi connectivity index (χ1) is 14.6. The van der Waals surface area contributed by atoms with Gasteiger partial charge in [-0.15, -0.1) is 0 Å². The molecule has 3 rings (SSSR count). The maximum absolute atomic E-state index is 13.2. The van der Waals surface area contributed by atoms with Gasteiger partial charge in [0.15, 0.2) is 0 Å². The Morgan fingerprint density at radius 3 is 2.58 bits per heavy atom. The standard InChI is InChI=1S/C23H29N5O3/c1-14-9-19(18(15(2)30-7)11-24-16(3)31-8)26-20-13-27(22(29)21(14)20)17-10-25-28(12-17)23(4,5)6/h9-12H,3,13H2,1-2,4-8H3/b18-15-,24-11-. The molecular weight excluding hydrogens is 394 g/mol. The summed E-state index contributed by atoms with van der Waals surface area (Å²) >= 11 is 0. The third kappa shape index (κ3) is 4.38. The number of hydrogen-bond acceptors (Lipinski definition) is 6. The number of allylic oxidation sites excluding steroid dienone is 2. The summed E-state index contributed by atoms with van der Waals surface area (Å²) in [6, 6.07) is 1.87. The van der Waals surface area contributed by atoms with Crippen molar-refractivity contribution in [1.82, 2.24) is 14.8 Å². The number of nitrogens with zero attached hydrogens (tertiary/aromatic N) is 5. The van der Waals surface area contributed by atoms with Gasteiger partial charge in [-0.05, 0) is 52.8 Å². The summed E-state index contributed by atoms with van der Waals surface area (Å²) in [5.74, 6) is 0.846. The highest BCUT2D eigenvalue weighted by Crippen LogP contribution is 2.32. The van der Waals surface area contributed by atoms with Crippen molar-refractivity contribution < 1.29 is 14.3 Å². The Morgan fingerprint density at radius 2 is 2.00 bits per heavy atom. The first kappa shape index (κ1) is 22.3. The van der Waals surface area contributed by atoms with Gasteiger partial charge >= 0.3 is 0 Å². The minimum atomic E-state index is -0.169. The lowest BCUT2D eigenvalue weighted by Gasteiger charge is -2.19. The van der Waals surface area contributed by atoms with Gasteiger partial charge in [-0.2, -0.15) is 5.10 Å². The van der Waals surface area contributed by atoms with Crippen LogP contribution in [0.3, 0.4) is 0 Å². The van der Waals surface area contributed by atoms with Crippen LogP contribution in [-0.2, 0) is 21.6 Å². The van der Waals surface area contributed by atoms with E-state index in [9.17, 15) is 4.79 Å². The molecule has 8 heteroatoms. The number of ether oxygens (including phenoxy) is 2. The lowest BCUT2D eigenvalue weighted by Crippen LogP contribution is -2.24. The third-order valence-corrected chi connectivity index (χ3v) is 5.16. The number of pyridine rings is 1. The molecule has 0 bridgehead atoms. The fourth-order valence-corrected chi connectivity index (χ4v) is 3.30. The van der Waals surface area contributed by atoms with Crippen LogP contribution in [0.25, 0.3) is 5.57 Å². The molecule has 0 radical (unpaired) electrons. The van der Waals surface area contributed by atoms with Crippen LogP contribution in [-0.4, -0.2) is 41.1 Å². The monoisotopic (exact) mass is 423 g/mol. The molecule has 8 nitrogen and oxygen atoms in total. The number of hydrogen-bond donors (Lipinski definition) is 0. The molecular formula is C23H29N5O3. The summed E-state index contributed by atoms with van der Waals surface area (Å²) < 4.78 is 12.3. The number of carbonyl (C=O) groups excluding carboxylic acids is 1. The number of aliphatic imine (C=N–C) groups is 1. The molecule has 0 atom stereocenters. The van der Waals surface area contributed by atoms with E-state index in [0.29, 0.717) is 34.8 Å². The Balaban J connectivity index is 2.00. The molecule has 1 aliphatic heterocycles. The molecule has 2 aromatic heterocycles. The number of methoxy groups -OCH3 is 2. The van der Waals surface area contributed by atoms with Crippen LogP contribution in [0.4, 0.5) is 5.69 Å². The zero-order valence-corrected chi connectivity index (χ0v) is 19.2. The van der Waals surface area contributed by atoms with E-state index in [0.717, 1.165) is 11.3 Å². The fraction of sp³-hybridized carbons (Fsp3) is 0.391. The molecule has 1 aliphatic rings. The molecule has 2 aromatic rings. The molecule has 31 heavy (non-hydrogen) atoms. The van der Waals surface area contributed by atoms with Gasteiger partial charge in [0.1, 0.15) is 5.76 Å². The number of aryl methyl sites for hydroxylation is 1. The molecule has 0 spiro atoms. The first-order valence-corrected chi connectivity index (χ1v) is 9.96. The highest BCUT2D eigenvalue weighted by Gasteiger charge is 2.33. The highest BCUT2D eigenvalue weighted by atomic mass is 16.5.